The van der Waals surface area contributed by atoms with Gasteiger partial charge >= 0.3 is 47.0 Å². The van der Waals surface area contributed by atoms with Crippen LogP contribution in [0.4, 0.5) is 57.1 Å². The van der Waals surface area contributed by atoms with Crippen LogP contribution < -0.4 is 17.0 Å². The average Bonchev–Trinajstić information content (AvgIpc) is 2.14. The molecular weight excluding hydrogens is 423 g/mol. The molecule has 0 amide bonds. The minimum atomic E-state index is -7.80. The molecule has 0 unspecified atom stereocenters. The molecule has 0 N–H and O–H groups in total. The molecule has 15 heteroatoms. The summed E-state index contributed by atoms with van der Waals surface area (Å²) in [5.74, 6) is -30.3. The van der Waals surface area contributed by atoms with Crippen molar-refractivity contribution in [1.29, 1.82) is 0 Å². The van der Waals surface area contributed by atoms with Gasteiger partial charge in [-0.05, 0) is 0 Å². The monoisotopic (exact) mass is 422 g/mol. The summed E-state index contributed by atoms with van der Waals surface area (Å²) in [6.07, 6.45) is -12.1. The van der Waals surface area contributed by atoms with Gasteiger partial charge in [0.05, 0.1) is 6.43 Å². The molecule has 124 valence electrons. The van der Waals surface area contributed by atoms with Crippen LogP contribution in [0.25, 0.3) is 0 Å². The summed E-state index contributed by atoms with van der Waals surface area (Å²) in [5.41, 5.74) is 0. The van der Waals surface area contributed by atoms with E-state index in [2.05, 4.69) is 0 Å². The number of rotatable bonds is 4. The third-order valence-electron chi connectivity index (χ3n) is 1.78. The van der Waals surface area contributed by atoms with E-state index < -0.39 is 36.3 Å². The van der Waals surface area contributed by atoms with Gasteiger partial charge < -0.3 is 25.8 Å². The molecular formula is C6BrF13Mg. The maximum atomic E-state index is 12.3. The van der Waals surface area contributed by atoms with Crippen molar-refractivity contribution in [3.8, 4) is 0 Å². The molecule has 0 fully saturated rings. The summed E-state index contributed by atoms with van der Waals surface area (Å²) in [5, 5.41) is 0. The first-order valence-electron chi connectivity index (χ1n) is 3.71. The molecule has 21 heavy (non-hydrogen) atoms. The normalized spacial score (nSPS) is 14.6. The summed E-state index contributed by atoms with van der Waals surface area (Å²) in [6, 6.07) is 0. The van der Waals surface area contributed by atoms with E-state index in [1.165, 1.54) is 0 Å². The zero-order valence-corrected chi connectivity index (χ0v) is 12.0. The maximum Gasteiger partial charge on any atom is 2.00 e. The van der Waals surface area contributed by atoms with Gasteiger partial charge in [-0.25, -0.2) is 8.78 Å². The second kappa shape index (κ2) is 6.84. The number of hydrogen-bond donors (Lipinski definition) is 0. The van der Waals surface area contributed by atoms with Crippen LogP contribution in [0.5, 0.6) is 0 Å². The Kier molecular flexibility index (Phi) is 8.55. The minimum Gasteiger partial charge on any atom is -1.00 e. The van der Waals surface area contributed by atoms with Gasteiger partial charge in [0, 0.05) is 0 Å². The van der Waals surface area contributed by atoms with Gasteiger partial charge in [0.25, 0.3) is 5.92 Å². The van der Waals surface area contributed by atoms with Gasteiger partial charge in [-0.1, -0.05) is 0 Å². The standard InChI is InChI=1S/C6F13.BrH.Mg/c7-1(8)2(9,10)3(11,12)4(13,14)5(15,16)6(17,18)19;;/h;1H;/q-1;;+2/p-1. The predicted octanol–water partition coefficient (Wildman–Crippen LogP) is 1.14. The molecule has 0 nitrogen and oxygen atoms in total. The third-order valence-corrected chi connectivity index (χ3v) is 1.78. The molecule has 0 aromatic heterocycles. The van der Waals surface area contributed by atoms with Crippen molar-refractivity contribution in [3.05, 3.63) is 6.43 Å². The van der Waals surface area contributed by atoms with Crippen LogP contribution in [-0.2, 0) is 0 Å². The maximum absolute atomic E-state index is 12.3. The number of halogens is 14. The van der Waals surface area contributed by atoms with Crippen LogP contribution in [0, 0.1) is 6.43 Å². The van der Waals surface area contributed by atoms with Gasteiger partial charge in [-0.2, -0.15) is 39.5 Å². The fourth-order valence-corrected chi connectivity index (χ4v) is 0.691. The van der Waals surface area contributed by atoms with Gasteiger partial charge in [-0.15, -0.1) is 0 Å². The molecule has 0 aliphatic carbocycles. The molecule has 0 saturated heterocycles. The Bertz CT molecular complexity index is 334. The summed E-state index contributed by atoms with van der Waals surface area (Å²) in [4.78, 5) is 0. The van der Waals surface area contributed by atoms with Gasteiger partial charge in [0.15, 0.2) is 0 Å². The van der Waals surface area contributed by atoms with Crippen LogP contribution in [0.3, 0.4) is 0 Å². The molecule has 0 aromatic rings. The van der Waals surface area contributed by atoms with E-state index in [1.807, 2.05) is 0 Å². The molecule has 0 aliphatic rings. The Morgan fingerprint density at radius 2 is 0.810 bits per heavy atom. The molecule has 0 spiro atoms. The average molecular weight is 423 g/mol. The topological polar surface area (TPSA) is 0 Å². The first-order chi connectivity index (χ1) is 7.94. The third kappa shape index (κ3) is 3.81. The fourth-order valence-electron chi connectivity index (χ4n) is 0.691. The van der Waals surface area contributed by atoms with Crippen molar-refractivity contribution in [1.82, 2.24) is 0 Å². The van der Waals surface area contributed by atoms with Gasteiger partial charge in [0.1, 0.15) is 0 Å². The zero-order valence-electron chi connectivity index (χ0n) is 9.00. The molecule has 0 atom stereocenters. The Balaban J connectivity index is -0.00000162. The van der Waals surface area contributed by atoms with Crippen molar-refractivity contribution in [3.63, 3.8) is 0 Å². The van der Waals surface area contributed by atoms with Crippen molar-refractivity contribution < 1.29 is 74.1 Å². The first kappa shape index (κ1) is 26.2. The van der Waals surface area contributed by atoms with Crippen LogP contribution in [0.1, 0.15) is 0 Å². The molecule has 0 bridgehead atoms. The smallest absolute Gasteiger partial charge is 1.00 e. The van der Waals surface area contributed by atoms with Crippen LogP contribution in [0.2, 0.25) is 0 Å². The van der Waals surface area contributed by atoms with E-state index in [0.717, 1.165) is 0 Å². The number of alkyl halides is 11. The first-order valence-corrected chi connectivity index (χ1v) is 3.71. The van der Waals surface area contributed by atoms with E-state index in [1.54, 1.807) is 0 Å². The molecule has 0 radical (unpaired) electrons. The van der Waals surface area contributed by atoms with E-state index in [9.17, 15) is 57.1 Å². The van der Waals surface area contributed by atoms with Crippen LogP contribution >= 0.6 is 0 Å². The SMILES string of the molecule is F[C-](F)C(F)(F)C(F)(F)C(F)(F)C(F)(F)C(F)(F)F.[Br-].[Mg+2]. The van der Waals surface area contributed by atoms with Crippen LogP contribution in [-0.4, -0.2) is 52.9 Å². The molecule has 0 rings (SSSR count). The quantitative estimate of drug-likeness (QED) is 0.362. The Hall–Kier alpha value is 0.336. The zero-order chi connectivity index (χ0) is 16.1. The van der Waals surface area contributed by atoms with Gasteiger partial charge in [-0.3, -0.25) is 0 Å². The second-order valence-corrected chi connectivity index (χ2v) is 3.06. The van der Waals surface area contributed by atoms with Gasteiger partial charge in [0.2, 0.25) is 0 Å². The Morgan fingerprint density at radius 3 is 1.00 bits per heavy atom. The summed E-state index contributed by atoms with van der Waals surface area (Å²) >= 11 is 0. The molecule has 0 aromatic carbocycles. The van der Waals surface area contributed by atoms with Crippen molar-refractivity contribution >= 4 is 23.1 Å². The Morgan fingerprint density at radius 1 is 0.524 bits per heavy atom. The Labute approximate surface area is 133 Å². The van der Waals surface area contributed by atoms with Crippen molar-refractivity contribution in [2.45, 2.75) is 29.9 Å². The van der Waals surface area contributed by atoms with E-state index in [-0.39, 0.29) is 40.0 Å². The second-order valence-electron chi connectivity index (χ2n) is 3.06. The van der Waals surface area contributed by atoms with E-state index in [0.29, 0.717) is 0 Å². The van der Waals surface area contributed by atoms with E-state index in [4.69, 9.17) is 0 Å². The molecule has 0 saturated carbocycles. The number of hydrogen-bond acceptors (Lipinski definition) is 0. The summed E-state index contributed by atoms with van der Waals surface area (Å²) in [7, 11) is 0. The fraction of sp³-hybridized carbons (Fsp3) is 0.833. The van der Waals surface area contributed by atoms with Crippen molar-refractivity contribution in [2.75, 3.05) is 0 Å². The summed E-state index contributed by atoms with van der Waals surface area (Å²) in [6.45, 7) is 0. The molecule has 0 heterocycles. The predicted molar refractivity (Wildman–Crippen MR) is 37.1 cm³/mol. The minimum absolute atomic E-state index is 0. The largest absolute Gasteiger partial charge is 2.00 e. The van der Waals surface area contributed by atoms with Crippen LogP contribution in [0.15, 0.2) is 0 Å². The van der Waals surface area contributed by atoms with E-state index >= 15 is 0 Å². The van der Waals surface area contributed by atoms with Crippen molar-refractivity contribution in [2.24, 2.45) is 0 Å². The summed E-state index contributed by atoms with van der Waals surface area (Å²) < 4.78 is 154. The molecule has 0 aliphatic heterocycles.